The topological polar surface area (TPSA) is 95.6 Å². The number of hydrogen-bond acceptors (Lipinski definition) is 4. The smallest absolute Gasteiger partial charge is 0.326 e. The minimum absolute atomic E-state index is 0.00772. The zero-order chi connectivity index (χ0) is 25.2. The zero-order valence-electron chi connectivity index (χ0n) is 18.7. The van der Waals surface area contributed by atoms with Gasteiger partial charge in [-0.05, 0) is 49.2 Å². The second-order valence-electron chi connectivity index (χ2n) is 8.74. The number of halogens is 3. The van der Waals surface area contributed by atoms with Gasteiger partial charge in [0.2, 0.25) is 17.7 Å². The van der Waals surface area contributed by atoms with Crippen LogP contribution >= 0.6 is 0 Å². The number of carbonyl (C=O) groups excluding carboxylic acids is 4. The summed E-state index contributed by atoms with van der Waals surface area (Å²) in [6, 6.07) is 10.2. The highest BCUT2D eigenvalue weighted by molar-refractivity contribution is 6.06. The van der Waals surface area contributed by atoms with E-state index in [4.69, 9.17) is 0 Å². The lowest BCUT2D eigenvalue weighted by atomic mass is 9.81. The molecule has 4 rings (SSSR count). The Hall–Kier alpha value is -3.69. The first-order chi connectivity index (χ1) is 16.6. The van der Waals surface area contributed by atoms with Crippen molar-refractivity contribution in [3.63, 3.8) is 0 Å². The molecule has 2 aromatic carbocycles. The summed E-state index contributed by atoms with van der Waals surface area (Å²) in [6.45, 7) is -0.00772. The fourth-order valence-electron chi connectivity index (χ4n) is 4.60. The van der Waals surface area contributed by atoms with Gasteiger partial charge in [-0.25, -0.2) is 0 Å². The molecule has 2 fully saturated rings. The molecule has 1 saturated carbocycles. The first kappa shape index (κ1) is 24.4. The highest BCUT2D eigenvalue weighted by atomic mass is 19.4. The molecule has 1 heterocycles. The SMILES string of the molecule is O=C(CCN1C(=O)[C@@H]2CCCC[C@H]2C1=O)Nc1cccc(C(=O)Nc2cccc(C(F)(F)F)c2)c1. The zero-order valence-corrected chi connectivity index (χ0v) is 18.7. The van der Waals surface area contributed by atoms with Crippen LogP contribution in [-0.4, -0.2) is 35.1 Å². The molecule has 0 aromatic heterocycles. The molecule has 35 heavy (non-hydrogen) atoms. The van der Waals surface area contributed by atoms with E-state index in [0.717, 1.165) is 25.0 Å². The van der Waals surface area contributed by atoms with Crippen LogP contribution in [0.25, 0.3) is 0 Å². The maximum Gasteiger partial charge on any atom is 0.416 e. The molecule has 7 nitrogen and oxygen atoms in total. The average molecular weight is 487 g/mol. The predicted octanol–water partition coefficient (Wildman–Crippen LogP) is 4.46. The van der Waals surface area contributed by atoms with E-state index < -0.39 is 23.6 Å². The third kappa shape index (κ3) is 5.52. The number of hydrogen-bond donors (Lipinski definition) is 2. The standard InChI is InChI=1S/C25H24F3N3O4/c26-25(27,28)16-6-4-8-18(14-16)30-22(33)15-5-3-7-17(13-15)29-21(32)11-12-31-23(34)19-9-1-2-10-20(19)24(31)35/h3-8,13-14,19-20H,1-2,9-12H2,(H,29,32)(H,30,33)/t19-,20-/m1/s1. The lowest BCUT2D eigenvalue weighted by Gasteiger charge is -2.19. The van der Waals surface area contributed by atoms with Gasteiger partial charge in [-0.15, -0.1) is 0 Å². The van der Waals surface area contributed by atoms with Crippen LogP contribution < -0.4 is 10.6 Å². The summed E-state index contributed by atoms with van der Waals surface area (Å²) in [5.41, 5.74) is -0.459. The molecule has 184 valence electrons. The number of imide groups is 1. The molecule has 2 atom stereocenters. The molecule has 1 saturated heterocycles. The molecular formula is C25H24F3N3O4. The molecule has 10 heteroatoms. The molecule has 0 spiro atoms. The number of alkyl halides is 3. The molecule has 0 radical (unpaired) electrons. The van der Waals surface area contributed by atoms with Gasteiger partial charge in [0.15, 0.2) is 0 Å². The van der Waals surface area contributed by atoms with Gasteiger partial charge < -0.3 is 10.6 Å². The molecule has 1 aliphatic heterocycles. The lowest BCUT2D eigenvalue weighted by Crippen LogP contribution is -2.34. The van der Waals surface area contributed by atoms with Crippen molar-refractivity contribution < 1.29 is 32.3 Å². The summed E-state index contributed by atoms with van der Waals surface area (Å²) in [5.74, 6) is -2.04. The third-order valence-electron chi connectivity index (χ3n) is 6.35. The summed E-state index contributed by atoms with van der Waals surface area (Å²) in [7, 11) is 0. The fourth-order valence-corrected chi connectivity index (χ4v) is 4.60. The van der Waals surface area contributed by atoms with Gasteiger partial charge in [0.25, 0.3) is 5.91 Å². The van der Waals surface area contributed by atoms with Crippen molar-refractivity contribution in [2.45, 2.75) is 38.3 Å². The monoisotopic (exact) mass is 487 g/mol. The van der Waals surface area contributed by atoms with Crippen LogP contribution in [0.5, 0.6) is 0 Å². The maximum absolute atomic E-state index is 12.9. The maximum atomic E-state index is 12.9. The number of anilines is 2. The normalized spacial score (nSPS) is 19.9. The Kier molecular flexibility index (Phi) is 6.90. The van der Waals surface area contributed by atoms with Gasteiger partial charge in [-0.3, -0.25) is 24.1 Å². The van der Waals surface area contributed by atoms with Gasteiger partial charge in [0.05, 0.1) is 17.4 Å². The molecule has 4 amide bonds. The Morgan fingerprint density at radius 3 is 2.11 bits per heavy atom. The van der Waals surface area contributed by atoms with Crippen LogP contribution in [0.2, 0.25) is 0 Å². The van der Waals surface area contributed by atoms with Crippen LogP contribution in [-0.2, 0) is 20.6 Å². The van der Waals surface area contributed by atoms with Crippen molar-refractivity contribution in [2.75, 3.05) is 17.2 Å². The van der Waals surface area contributed by atoms with Crippen LogP contribution in [0.4, 0.5) is 24.5 Å². The highest BCUT2D eigenvalue weighted by Crippen LogP contribution is 2.38. The summed E-state index contributed by atoms with van der Waals surface area (Å²) in [4.78, 5) is 51.2. The van der Waals surface area contributed by atoms with Crippen molar-refractivity contribution >= 4 is 35.0 Å². The van der Waals surface area contributed by atoms with E-state index in [-0.39, 0.29) is 47.9 Å². The van der Waals surface area contributed by atoms with Crippen LogP contribution in [0.3, 0.4) is 0 Å². The largest absolute Gasteiger partial charge is 0.416 e. The van der Waals surface area contributed by atoms with Crippen molar-refractivity contribution in [1.82, 2.24) is 4.90 Å². The second kappa shape index (κ2) is 9.89. The summed E-state index contributed by atoms with van der Waals surface area (Å²) in [6.07, 6.45) is -1.37. The number of nitrogens with zero attached hydrogens (tertiary/aromatic N) is 1. The lowest BCUT2D eigenvalue weighted by molar-refractivity contribution is -0.140. The second-order valence-corrected chi connectivity index (χ2v) is 8.74. The predicted molar refractivity (Wildman–Crippen MR) is 121 cm³/mol. The minimum Gasteiger partial charge on any atom is -0.326 e. The first-order valence-corrected chi connectivity index (χ1v) is 11.4. The van der Waals surface area contributed by atoms with E-state index in [2.05, 4.69) is 10.6 Å². The molecule has 2 aliphatic rings. The van der Waals surface area contributed by atoms with Crippen molar-refractivity contribution in [2.24, 2.45) is 11.8 Å². The Morgan fingerprint density at radius 1 is 0.886 bits per heavy atom. The van der Waals surface area contributed by atoms with E-state index in [1.807, 2.05) is 0 Å². The highest BCUT2D eigenvalue weighted by Gasteiger charge is 2.47. The molecule has 1 aliphatic carbocycles. The van der Waals surface area contributed by atoms with E-state index in [0.29, 0.717) is 18.5 Å². The fraction of sp³-hybridized carbons (Fsp3) is 0.360. The van der Waals surface area contributed by atoms with Crippen molar-refractivity contribution in [1.29, 1.82) is 0 Å². The molecule has 2 N–H and O–H groups in total. The van der Waals surface area contributed by atoms with Crippen LogP contribution in [0, 0.1) is 11.8 Å². The Morgan fingerprint density at radius 2 is 1.49 bits per heavy atom. The van der Waals surface area contributed by atoms with E-state index in [1.54, 1.807) is 6.07 Å². The molecular weight excluding hydrogens is 463 g/mol. The first-order valence-electron chi connectivity index (χ1n) is 11.4. The molecule has 0 unspecified atom stereocenters. The molecule has 2 aromatic rings. The average Bonchev–Trinajstić information content (AvgIpc) is 3.07. The molecule has 0 bridgehead atoms. The van der Waals surface area contributed by atoms with Crippen molar-refractivity contribution in [3.05, 3.63) is 59.7 Å². The minimum atomic E-state index is -4.53. The summed E-state index contributed by atoms with van der Waals surface area (Å²) < 4.78 is 38.7. The van der Waals surface area contributed by atoms with Gasteiger partial charge in [0.1, 0.15) is 0 Å². The Balaban J connectivity index is 1.34. The number of carbonyl (C=O) groups is 4. The number of likely N-dealkylation sites (tertiary alicyclic amines) is 1. The van der Waals surface area contributed by atoms with E-state index >= 15 is 0 Å². The number of nitrogens with one attached hydrogen (secondary N) is 2. The number of benzene rings is 2. The van der Waals surface area contributed by atoms with Crippen molar-refractivity contribution in [3.8, 4) is 0 Å². The number of rotatable bonds is 6. The van der Waals surface area contributed by atoms with Gasteiger partial charge in [0, 0.05) is 29.9 Å². The van der Waals surface area contributed by atoms with Gasteiger partial charge in [-0.2, -0.15) is 13.2 Å². The van der Waals surface area contributed by atoms with Gasteiger partial charge in [-0.1, -0.05) is 25.0 Å². The quantitative estimate of drug-likeness (QED) is 0.588. The van der Waals surface area contributed by atoms with E-state index in [1.165, 1.54) is 35.2 Å². The number of amides is 4. The van der Waals surface area contributed by atoms with Gasteiger partial charge >= 0.3 is 6.18 Å². The third-order valence-corrected chi connectivity index (χ3v) is 6.35. The number of fused-ring (bicyclic) bond motifs is 1. The Bertz CT molecular complexity index is 1140. The summed E-state index contributed by atoms with van der Waals surface area (Å²) >= 11 is 0. The van der Waals surface area contributed by atoms with E-state index in [9.17, 15) is 32.3 Å². The summed E-state index contributed by atoms with van der Waals surface area (Å²) in [5, 5.41) is 5.04. The van der Waals surface area contributed by atoms with Crippen LogP contribution in [0.15, 0.2) is 48.5 Å². The van der Waals surface area contributed by atoms with Crippen LogP contribution in [0.1, 0.15) is 48.0 Å². The Labute approximate surface area is 199 Å².